The molecule has 3 heteroatoms. The van der Waals surface area contributed by atoms with E-state index in [1.807, 2.05) is 0 Å². The van der Waals surface area contributed by atoms with Crippen molar-refractivity contribution >= 4 is 5.69 Å². The zero-order valence-corrected chi connectivity index (χ0v) is 12.6. The van der Waals surface area contributed by atoms with E-state index in [-0.39, 0.29) is 0 Å². The minimum Gasteiger partial charge on any atom is -0.369 e. The maximum absolute atomic E-state index is 5.93. The normalized spacial score (nSPS) is 24.3. The van der Waals surface area contributed by atoms with E-state index in [0.717, 1.165) is 6.04 Å². The van der Waals surface area contributed by atoms with Crippen molar-refractivity contribution in [1.82, 2.24) is 4.90 Å². The first-order valence-corrected chi connectivity index (χ1v) is 8.07. The number of aryl methyl sites for hydroxylation is 1. The lowest BCUT2D eigenvalue weighted by Gasteiger charge is -2.32. The number of likely N-dealkylation sites (tertiary alicyclic amines) is 1. The van der Waals surface area contributed by atoms with Gasteiger partial charge < -0.3 is 10.6 Å². The van der Waals surface area contributed by atoms with E-state index in [0.29, 0.717) is 6.54 Å². The van der Waals surface area contributed by atoms with E-state index in [9.17, 15) is 0 Å². The predicted molar refractivity (Wildman–Crippen MR) is 85.1 cm³/mol. The van der Waals surface area contributed by atoms with Crippen molar-refractivity contribution < 1.29 is 0 Å². The van der Waals surface area contributed by atoms with Gasteiger partial charge in [0.25, 0.3) is 0 Å². The van der Waals surface area contributed by atoms with Crippen molar-refractivity contribution in [2.75, 3.05) is 31.1 Å². The first-order chi connectivity index (χ1) is 9.79. The highest BCUT2D eigenvalue weighted by Crippen LogP contribution is 2.30. The van der Waals surface area contributed by atoms with E-state index in [1.165, 1.54) is 68.7 Å². The zero-order valence-electron chi connectivity index (χ0n) is 12.6. The Morgan fingerprint density at radius 2 is 1.95 bits per heavy atom. The van der Waals surface area contributed by atoms with Gasteiger partial charge in [-0.25, -0.2) is 0 Å². The van der Waals surface area contributed by atoms with Gasteiger partial charge in [-0.05, 0) is 50.4 Å². The fourth-order valence-corrected chi connectivity index (χ4v) is 3.86. The molecule has 1 unspecified atom stereocenters. The lowest BCUT2D eigenvalue weighted by Crippen LogP contribution is -2.41. The van der Waals surface area contributed by atoms with Crippen LogP contribution in [-0.2, 0) is 6.54 Å². The van der Waals surface area contributed by atoms with Crippen LogP contribution in [0.3, 0.4) is 0 Å². The molecule has 2 aliphatic rings. The largest absolute Gasteiger partial charge is 0.369 e. The maximum Gasteiger partial charge on any atom is 0.0442 e. The Balaban J connectivity index is 1.73. The van der Waals surface area contributed by atoms with Gasteiger partial charge in [-0.1, -0.05) is 24.6 Å². The highest BCUT2D eigenvalue weighted by atomic mass is 15.3. The molecule has 0 spiro atoms. The molecule has 2 N–H and O–H groups in total. The van der Waals surface area contributed by atoms with Gasteiger partial charge in [0, 0.05) is 31.4 Å². The van der Waals surface area contributed by atoms with Crippen LogP contribution in [0.2, 0.25) is 0 Å². The molecule has 0 bridgehead atoms. The first-order valence-electron chi connectivity index (χ1n) is 8.07. The second-order valence-corrected chi connectivity index (χ2v) is 6.27. The van der Waals surface area contributed by atoms with Gasteiger partial charge in [0.05, 0.1) is 0 Å². The van der Waals surface area contributed by atoms with Crippen LogP contribution in [0.15, 0.2) is 18.2 Å². The van der Waals surface area contributed by atoms with Gasteiger partial charge in [0.1, 0.15) is 0 Å². The van der Waals surface area contributed by atoms with Crippen molar-refractivity contribution in [1.29, 1.82) is 0 Å². The summed E-state index contributed by atoms with van der Waals surface area (Å²) in [5.74, 6) is 0. The molecule has 0 radical (unpaired) electrons. The minimum atomic E-state index is 0.641. The molecule has 2 fully saturated rings. The molecule has 0 aliphatic carbocycles. The monoisotopic (exact) mass is 273 g/mol. The summed E-state index contributed by atoms with van der Waals surface area (Å²) in [5, 5.41) is 0. The van der Waals surface area contributed by atoms with Crippen LogP contribution in [0, 0.1) is 6.92 Å². The minimum absolute atomic E-state index is 0.641. The number of para-hydroxylation sites is 1. The Morgan fingerprint density at radius 3 is 2.70 bits per heavy atom. The molecule has 2 aliphatic heterocycles. The highest BCUT2D eigenvalue weighted by Gasteiger charge is 2.29. The Bertz CT molecular complexity index is 452. The summed E-state index contributed by atoms with van der Waals surface area (Å²) in [7, 11) is 0. The Morgan fingerprint density at radius 1 is 1.15 bits per heavy atom. The molecule has 110 valence electrons. The molecule has 3 nitrogen and oxygen atoms in total. The smallest absolute Gasteiger partial charge is 0.0442 e. The van der Waals surface area contributed by atoms with Crippen LogP contribution >= 0.6 is 0 Å². The van der Waals surface area contributed by atoms with Gasteiger partial charge in [-0.15, -0.1) is 0 Å². The third kappa shape index (κ3) is 2.70. The van der Waals surface area contributed by atoms with E-state index in [1.54, 1.807) is 0 Å². The Hall–Kier alpha value is -1.06. The molecule has 1 atom stereocenters. The van der Waals surface area contributed by atoms with Crippen LogP contribution in [0.25, 0.3) is 0 Å². The summed E-state index contributed by atoms with van der Waals surface area (Å²) < 4.78 is 0. The molecule has 1 aromatic rings. The molecule has 0 amide bonds. The third-order valence-electron chi connectivity index (χ3n) is 4.93. The topological polar surface area (TPSA) is 32.5 Å². The van der Waals surface area contributed by atoms with Crippen molar-refractivity contribution in [3.05, 3.63) is 29.3 Å². The molecular formula is C17H27N3. The summed E-state index contributed by atoms with van der Waals surface area (Å²) in [5.41, 5.74) is 9.99. The fourth-order valence-electron chi connectivity index (χ4n) is 3.86. The van der Waals surface area contributed by atoms with Gasteiger partial charge >= 0.3 is 0 Å². The number of nitrogens with zero attached hydrogens (tertiary/aromatic N) is 2. The van der Waals surface area contributed by atoms with Gasteiger partial charge in [-0.2, -0.15) is 0 Å². The second-order valence-electron chi connectivity index (χ2n) is 6.27. The molecule has 2 saturated heterocycles. The lowest BCUT2D eigenvalue weighted by atomic mass is 10.1. The average molecular weight is 273 g/mol. The maximum atomic E-state index is 5.93. The predicted octanol–water partition coefficient (Wildman–Crippen LogP) is 2.52. The molecule has 2 heterocycles. The summed E-state index contributed by atoms with van der Waals surface area (Å²) in [6, 6.07) is 7.26. The summed E-state index contributed by atoms with van der Waals surface area (Å²) >= 11 is 0. The second kappa shape index (κ2) is 6.15. The Labute approximate surface area is 122 Å². The number of hydrogen-bond donors (Lipinski definition) is 1. The van der Waals surface area contributed by atoms with Gasteiger partial charge in [0.2, 0.25) is 0 Å². The van der Waals surface area contributed by atoms with Crippen LogP contribution in [0.5, 0.6) is 0 Å². The van der Waals surface area contributed by atoms with Crippen molar-refractivity contribution in [2.45, 2.75) is 45.2 Å². The molecule has 3 rings (SSSR count). The van der Waals surface area contributed by atoms with Crippen LogP contribution in [-0.4, -0.2) is 37.1 Å². The van der Waals surface area contributed by atoms with Crippen LogP contribution in [0.1, 0.15) is 36.8 Å². The fraction of sp³-hybridized carbons (Fsp3) is 0.647. The van der Waals surface area contributed by atoms with E-state index < -0.39 is 0 Å². The number of anilines is 1. The quantitative estimate of drug-likeness (QED) is 0.918. The zero-order chi connectivity index (χ0) is 13.9. The third-order valence-corrected chi connectivity index (χ3v) is 4.93. The van der Waals surface area contributed by atoms with Gasteiger partial charge in [-0.3, -0.25) is 4.90 Å². The SMILES string of the molecule is Cc1cccc(CN)c1N1CCC(N2CCCCC2)C1. The van der Waals surface area contributed by atoms with E-state index >= 15 is 0 Å². The summed E-state index contributed by atoms with van der Waals surface area (Å²) in [6.07, 6.45) is 5.49. The van der Waals surface area contributed by atoms with Crippen molar-refractivity contribution in [3.63, 3.8) is 0 Å². The number of benzene rings is 1. The first kappa shape index (κ1) is 13.9. The standard InChI is InChI=1S/C17H27N3/c1-14-6-5-7-15(12-18)17(14)20-11-8-16(13-20)19-9-3-2-4-10-19/h5-7,16H,2-4,8-13,18H2,1H3. The number of rotatable bonds is 3. The number of nitrogens with two attached hydrogens (primary N) is 1. The Kier molecular flexibility index (Phi) is 4.27. The lowest BCUT2D eigenvalue weighted by molar-refractivity contribution is 0.175. The van der Waals surface area contributed by atoms with Crippen LogP contribution in [0.4, 0.5) is 5.69 Å². The van der Waals surface area contributed by atoms with Crippen LogP contribution < -0.4 is 10.6 Å². The van der Waals surface area contributed by atoms with Gasteiger partial charge in [0.15, 0.2) is 0 Å². The molecule has 1 aromatic carbocycles. The molecular weight excluding hydrogens is 246 g/mol. The van der Waals surface area contributed by atoms with E-state index in [2.05, 4.69) is 34.9 Å². The summed E-state index contributed by atoms with van der Waals surface area (Å²) in [6.45, 7) is 7.81. The molecule has 20 heavy (non-hydrogen) atoms. The van der Waals surface area contributed by atoms with E-state index in [4.69, 9.17) is 5.73 Å². The highest BCUT2D eigenvalue weighted by molar-refractivity contribution is 5.60. The van der Waals surface area contributed by atoms with Crippen molar-refractivity contribution in [2.24, 2.45) is 5.73 Å². The number of hydrogen-bond acceptors (Lipinski definition) is 3. The molecule has 0 saturated carbocycles. The average Bonchev–Trinajstić information content (AvgIpc) is 2.97. The van der Waals surface area contributed by atoms with Crippen molar-refractivity contribution in [3.8, 4) is 0 Å². The number of piperidine rings is 1. The molecule has 0 aromatic heterocycles. The summed E-state index contributed by atoms with van der Waals surface area (Å²) in [4.78, 5) is 5.28.